The van der Waals surface area contributed by atoms with Crippen LogP contribution in [0.15, 0.2) is 12.3 Å². The molecule has 0 aromatic rings. The molecule has 2 aliphatic rings. The number of amides is 1. The smallest absolute Gasteiger partial charge is 0.243 e. The summed E-state index contributed by atoms with van der Waals surface area (Å²) in [5.74, 6) is 1.32. The summed E-state index contributed by atoms with van der Waals surface area (Å²) >= 11 is 3.51. The predicted octanol–water partition coefficient (Wildman–Crippen LogP) is 1.15. The molecule has 0 unspecified atom stereocenters. The molecular formula is C7H9NOS2. The molecule has 0 bridgehead atoms. The Morgan fingerprint density at radius 3 is 3.36 bits per heavy atom. The first-order chi connectivity index (χ1) is 5.34. The Morgan fingerprint density at radius 1 is 1.82 bits per heavy atom. The van der Waals surface area contributed by atoms with Crippen LogP contribution in [0.1, 0.15) is 0 Å². The van der Waals surface area contributed by atoms with Gasteiger partial charge in [0.1, 0.15) is 10.6 Å². The highest BCUT2D eigenvalue weighted by Gasteiger charge is 2.46. The largest absolute Gasteiger partial charge is 0.304 e. The Bertz CT molecular complexity index is 216. The first-order valence-electron chi connectivity index (χ1n) is 3.48. The fourth-order valence-corrected chi connectivity index (χ4v) is 3.59. The van der Waals surface area contributed by atoms with Crippen molar-refractivity contribution in [1.29, 1.82) is 0 Å². The first kappa shape index (κ1) is 7.55. The summed E-state index contributed by atoms with van der Waals surface area (Å²) in [7, 11) is 0. The molecule has 1 amide bonds. The summed E-state index contributed by atoms with van der Waals surface area (Å²) in [5.41, 5.74) is 0. The van der Waals surface area contributed by atoms with E-state index in [0.29, 0.717) is 5.37 Å². The van der Waals surface area contributed by atoms with Crippen LogP contribution in [0.25, 0.3) is 0 Å². The normalized spacial score (nSPS) is 35.0. The van der Waals surface area contributed by atoms with E-state index in [1.54, 1.807) is 11.8 Å². The van der Waals surface area contributed by atoms with E-state index < -0.39 is 0 Å². The maximum Gasteiger partial charge on any atom is 0.243 e. The predicted molar refractivity (Wildman–Crippen MR) is 49.5 cm³/mol. The minimum absolute atomic E-state index is 0.213. The van der Waals surface area contributed by atoms with E-state index in [9.17, 15) is 4.79 Å². The van der Waals surface area contributed by atoms with Gasteiger partial charge in [0.15, 0.2) is 0 Å². The van der Waals surface area contributed by atoms with Gasteiger partial charge in [-0.2, -0.15) is 0 Å². The van der Waals surface area contributed by atoms with Crippen molar-refractivity contribution in [1.82, 2.24) is 4.90 Å². The van der Waals surface area contributed by atoms with Crippen molar-refractivity contribution in [2.45, 2.75) is 10.6 Å². The van der Waals surface area contributed by atoms with Gasteiger partial charge in [-0.3, -0.25) is 4.79 Å². The molecule has 0 N–H and O–H groups in total. The Balaban J connectivity index is 2.12. The van der Waals surface area contributed by atoms with Crippen molar-refractivity contribution in [3.63, 3.8) is 0 Å². The molecule has 1 saturated heterocycles. The number of rotatable bonds is 1. The molecule has 2 heterocycles. The molecule has 2 aliphatic heterocycles. The van der Waals surface area contributed by atoms with E-state index >= 15 is 0 Å². The van der Waals surface area contributed by atoms with E-state index in [2.05, 4.69) is 0 Å². The fraction of sp³-hybridized carbons (Fsp3) is 0.571. The second kappa shape index (κ2) is 2.75. The molecule has 0 saturated carbocycles. The minimum atomic E-state index is 0.213. The molecule has 2 rings (SSSR count). The topological polar surface area (TPSA) is 20.3 Å². The summed E-state index contributed by atoms with van der Waals surface area (Å²) < 4.78 is 0. The second-order valence-electron chi connectivity index (χ2n) is 2.51. The molecular weight excluding hydrogens is 178 g/mol. The van der Waals surface area contributed by atoms with E-state index in [0.717, 1.165) is 5.75 Å². The molecule has 0 spiro atoms. The van der Waals surface area contributed by atoms with Crippen LogP contribution < -0.4 is 0 Å². The van der Waals surface area contributed by atoms with Gasteiger partial charge in [-0.25, -0.2) is 0 Å². The molecule has 0 aliphatic carbocycles. The summed E-state index contributed by atoms with van der Waals surface area (Å²) in [4.78, 5) is 13.1. The Kier molecular flexibility index (Phi) is 1.89. The van der Waals surface area contributed by atoms with Gasteiger partial charge >= 0.3 is 0 Å². The Morgan fingerprint density at radius 2 is 2.64 bits per heavy atom. The number of carbonyl (C=O) groups excluding carboxylic acids is 1. The van der Waals surface area contributed by atoms with Crippen LogP contribution in [-0.4, -0.2) is 33.4 Å². The summed E-state index contributed by atoms with van der Waals surface area (Å²) in [5, 5.41) is 0.632. The zero-order valence-electron chi connectivity index (χ0n) is 6.19. The Hall–Kier alpha value is -0.0900. The molecule has 4 heteroatoms. The third-order valence-electron chi connectivity index (χ3n) is 1.91. The van der Waals surface area contributed by atoms with Crippen LogP contribution in [-0.2, 0) is 4.79 Å². The highest BCUT2D eigenvalue weighted by molar-refractivity contribution is 8.04. The summed E-state index contributed by atoms with van der Waals surface area (Å²) in [6.07, 6.45) is 5.95. The van der Waals surface area contributed by atoms with Crippen LogP contribution in [0.3, 0.4) is 0 Å². The lowest BCUT2D eigenvalue weighted by atomic mass is 10.2. The van der Waals surface area contributed by atoms with Crippen LogP contribution in [0.2, 0.25) is 0 Å². The van der Waals surface area contributed by atoms with E-state index in [1.165, 1.54) is 0 Å². The maximum absolute atomic E-state index is 11.3. The number of β-lactam (4-membered cyclic amide) rings is 1. The number of hydrogen-bond acceptors (Lipinski definition) is 3. The zero-order valence-corrected chi connectivity index (χ0v) is 7.82. The van der Waals surface area contributed by atoms with Gasteiger partial charge in [-0.05, 0) is 6.26 Å². The number of thioether (sulfide) groups is 2. The van der Waals surface area contributed by atoms with Crippen molar-refractivity contribution in [3.05, 3.63) is 12.3 Å². The highest BCUT2D eigenvalue weighted by atomic mass is 32.2. The molecule has 1 fully saturated rings. The Labute approximate surface area is 74.4 Å². The lowest BCUT2D eigenvalue weighted by molar-refractivity contribution is -0.136. The van der Waals surface area contributed by atoms with Crippen LogP contribution >= 0.6 is 23.5 Å². The van der Waals surface area contributed by atoms with Crippen LogP contribution in [0, 0.1) is 0 Å². The fourth-order valence-electron chi connectivity index (χ4n) is 1.31. The van der Waals surface area contributed by atoms with Crippen molar-refractivity contribution in [3.8, 4) is 0 Å². The zero-order chi connectivity index (χ0) is 7.84. The lowest BCUT2D eigenvalue weighted by Crippen LogP contribution is -2.59. The van der Waals surface area contributed by atoms with Gasteiger partial charge in [-0.1, -0.05) is 6.08 Å². The monoisotopic (exact) mass is 187 g/mol. The van der Waals surface area contributed by atoms with Gasteiger partial charge in [-0.15, -0.1) is 23.5 Å². The quantitative estimate of drug-likeness (QED) is 0.574. The molecule has 0 aromatic heterocycles. The molecule has 60 valence electrons. The van der Waals surface area contributed by atoms with Crippen molar-refractivity contribution in [2.75, 3.05) is 12.0 Å². The third kappa shape index (κ3) is 0.999. The van der Waals surface area contributed by atoms with Gasteiger partial charge in [0.05, 0.1) is 0 Å². The van der Waals surface area contributed by atoms with Gasteiger partial charge in [0.2, 0.25) is 5.91 Å². The number of nitrogens with zero attached hydrogens (tertiary/aromatic N) is 1. The maximum atomic E-state index is 11.3. The number of carbonyl (C=O) groups is 1. The first-order valence-corrected chi connectivity index (χ1v) is 5.81. The molecule has 0 radical (unpaired) electrons. The SMILES string of the molecule is CS[C@H]1C(=O)N2C=CCS[C@H]12. The molecule has 2 nitrogen and oxygen atoms in total. The van der Waals surface area contributed by atoms with Crippen molar-refractivity contribution < 1.29 is 4.79 Å². The van der Waals surface area contributed by atoms with E-state index in [4.69, 9.17) is 0 Å². The van der Waals surface area contributed by atoms with Gasteiger partial charge in [0.25, 0.3) is 0 Å². The van der Waals surface area contributed by atoms with Crippen molar-refractivity contribution in [2.24, 2.45) is 0 Å². The summed E-state index contributed by atoms with van der Waals surface area (Å²) in [6.45, 7) is 0. The molecule has 11 heavy (non-hydrogen) atoms. The van der Waals surface area contributed by atoms with E-state index in [-0.39, 0.29) is 11.2 Å². The van der Waals surface area contributed by atoms with Crippen molar-refractivity contribution >= 4 is 29.4 Å². The molecule has 0 aromatic carbocycles. The third-order valence-corrected chi connectivity index (χ3v) is 4.28. The van der Waals surface area contributed by atoms with Gasteiger partial charge < -0.3 is 4.90 Å². The standard InChI is InChI=1S/C7H9NOS2/c1-10-5-6(9)8-3-2-4-11-7(5)8/h2-3,5,7H,4H2,1H3/t5-,7+/m0/s1. The number of fused-ring (bicyclic) bond motifs is 1. The van der Waals surface area contributed by atoms with Crippen LogP contribution in [0.5, 0.6) is 0 Å². The average Bonchev–Trinajstić information content (AvgIpc) is 2.05. The van der Waals surface area contributed by atoms with Gasteiger partial charge in [0, 0.05) is 12.0 Å². The summed E-state index contributed by atoms with van der Waals surface area (Å²) in [6, 6.07) is 0. The second-order valence-corrected chi connectivity index (χ2v) is 4.64. The average molecular weight is 187 g/mol. The molecule has 2 atom stereocenters. The lowest BCUT2D eigenvalue weighted by Gasteiger charge is -2.45. The highest BCUT2D eigenvalue weighted by Crippen LogP contribution is 2.39. The minimum Gasteiger partial charge on any atom is -0.304 e. The van der Waals surface area contributed by atoms with Crippen LogP contribution in [0.4, 0.5) is 0 Å². The number of hydrogen-bond donors (Lipinski definition) is 0. The van der Waals surface area contributed by atoms with E-state index in [1.807, 2.05) is 35.2 Å².